The summed E-state index contributed by atoms with van der Waals surface area (Å²) in [4.78, 5) is 14.4. The summed E-state index contributed by atoms with van der Waals surface area (Å²) in [6.45, 7) is 7.47. The number of benzene rings is 1. The maximum absolute atomic E-state index is 11.8. The Labute approximate surface area is 159 Å². The quantitative estimate of drug-likeness (QED) is 0.655. The van der Waals surface area contributed by atoms with Crippen molar-refractivity contribution in [2.24, 2.45) is 17.3 Å². The van der Waals surface area contributed by atoms with Gasteiger partial charge in [0.25, 0.3) is 0 Å². The van der Waals surface area contributed by atoms with E-state index >= 15 is 0 Å². The SMILES string of the molecule is CC(=O)CC[C@]1(CC2C=CC=CC2)CN(Cc2ccccc2)CC[C@H]1C. The third kappa shape index (κ3) is 4.94. The van der Waals surface area contributed by atoms with Crippen LogP contribution in [-0.4, -0.2) is 23.8 Å². The summed E-state index contributed by atoms with van der Waals surface area (Å²) in [5.74, 6) is 1.62. The molecule has 1 aromatic rings. The molecule has 140 valence electrons. The number of hydrogen-bond donors (Lipinski definition) is 0. The summed E-state index contributed by atoms with van der Waals surface area (Å²) < 4.78 is 0. The van der Waals surface area contributed by atoms with Crippen molar-refractivity contribution in [3.63, 3.8) is 0 Å². The number of allylic oxidation sites excluding steroid dienone is 4. The number of ketones is 1. The molecule has 0 N–H and O–H groups in total. The van der Waals surface area contributed by atoms with Gasteiger partial charge in [-0.3, -0.25) is 4.90 Å². The highest BCUT2D eigenvalue weighted by Gasteiger charge is 2.41. The second kappa shape index (κ2) is 8.81. The summed E-state index contributed by atoms with van der Waals surface area (Å²) >= 11 is 0. The molecule has 1 heterocycles. The van der Waals surface area contributed by atoms with Gasteiger partial charge >= 0.3 is 0 Å². The minimum absolute atomic E-state index is 0.249. The molecule has 1 fully saturated rings. The van der Waals surface area contributed by atoms with E-state index in [4.69, 9.17) is 0 Å². The fourth-order valence-electron chi connectivity index (χ4n) is 4.76. The van der Waals surface area contributed by atoms with Gasteiger partial charge in [-0.05, 0) is 62.0 Å². The summed E-state index contributed by atoms with van der Waals surface area (Å²) in [5.41, 5.74) is 1.64. The Morgan fingerprint density at radius 1 is 1.23 bits per heavy atom. The average Bonchev–Trinajstić information content (AvgIpc) is 2.65. The third-order valence-electron chi connectivity index (χ3n) is 6.42. The number of likely N-dealkylation sites (tertiary alicyclic amines) is 1. The highest BCUT2D eigenvalue weighted by atomic mass is 16.1. The smallest absolute Gasteiger partial charge is 0.129 e. The molecule has 1 aromatic carbocycles. The molecule has 3 rings (SSSR count). The molecule has 2 nitrogen and oxygen atoms in total. The first-order valence-corrected chi connectivity index (χ1v) is 10.2. The van der Waals surface area contributed by atoms with Crippen LogP contribution < -0.4 is 0 Å². The third-order valence-corrected chi connectivity index (χ3v) is 6.42. The van der Waals surface area contributed by atoms with Gasteiger partial charge in [0.2, 0.25) is 0 Å². The molecule has 1 unspecified atom stereocenters. The molecule has 0 aromatic heterocycles. The lowest BCUT2D eigenvalue weighted by Crippen LogP contribution is -2.48. The Kier molecular flexibility index (Phi) is 6.48. The van der Waals surface area contributed by atoms with Gasteiger partial charge in [-0.1, -0.05) is 61.6 Å². The largest absolute Gasteiger partial charge is 0.300 e. The van der Waals surface area contributed by atoms with Crippen molar-refractivity contribution in [2.75, 3.05) is 13.1 Å². The standard InChI is InChI=1S/C24H33NO/c1-20-14-16-25(18-23-11-7-4-8-12-23)19-24(20,15-13-21(2)26)17-22-9-5-3-6-10-22/h3-9,11-12,20,22H,10,13-19H2,1-2H3/t20-,22?,24+/m1/s1. The minimum atomic E-state index is 0.249. The maximum atomic E-state index is 11.8. The molecular weight excluding hydrogens is 318 g/mol. The van der Waals surface area contributed by atoms with E-state index in [2.05, 4.69) is 66.5 Å². The molecule has 26 heavy (non-hydrogen) atoms. The van der Waals surface area contributed by atoms with Crippen LogP contribution in [0.5, 0.6) is 0 Å². The number of nitrogens with zero attached hydrogens (tertiary/aromatic N) is 1. The van der Waals surface area contributed by atoms with Crippen molar-refractivity contribution in [3.8, 4) is 0 Å². The normalized spacial score (nSPS) is 29.0. The molecule has 0 saturated carbocycles. The molecule has 3 atom stereocenters. The number of piperidine rings is 1. The Balaban J connectivity index is 1.75. The van der Waals surface area contributed by atoms with Crippen LogP contribution in [0, 0.1) is 17.3 Å². The second-order valence-corrected chi connectivity index (χ2v) is 8.46. The molecule has 0 amide bonds. The van der Waals surface area contributed by atoms with E-state index in [-0.39, 0.29) is 5.41 Å². The van der Waals surface area contributed by atoms with Crippen molar-refractivity contribution in [2.45, 2.75) is 52.5 Å². The van der Waals surface area contributed by atoms with E-state index in [0.717, 1.165) is 38.9 Å². The van der Waals surface area contributed by atoms with Crippen LogP contribution in [0.25, 0.3) is 0 Å². The van der Waals surface area contributed by atoms with Gasteiger partial charge in [0.05, 0.1) is 0 Å². The summed E-state index contributed by atoms with van der Waals surface area (Å²) in [7, 11) is 0. The monoisotopic (exact) mass is 351 g/mol. The van der Waals surface area contributed by atoms with Crippen LogP contribution in [0.3, 0.4) is 0 Å². The first kappa shape index (κ1) is 19.1. The van der Waals surface area contributed by atoms with Crippen LogP contribution in [0.2, 0.25) is 0 Å². The Morgan fingerprint density at radius 2 is 2.04 bits per heavy atom. The van der Waals surface area contributed by atoms with Crippen molar-refractivity contribution in [3.05, 3.63) is 60.2 Å². The number of carbonyl (C=O) groups excluding carboxylic acids is 1. The number of rotatable bonds is 7. The van der Waals surface area contributed by atoms with Gasteiger partial charge in [0.1, 0.15) is 5.78 Å². The lowest BCUT2D eigenvalue weighted by Gasteiger charge is -2.49. The van der Waals surface area contributed by atoms with E-state index in [1.807, 2.05) is 0 Å². The zero-order valence-electron chi connectivity index (χ0n) is 16.4. The van der Waals surface area contributed by atoms with Crippen LogP contribution in [0.1, 0.15) is 51.5 Å². The maximum Gasteiger partial charge on any atom is 0.129 e. The predicted molar refractivity (Wildman–Crippen MR) is 109 cm³/mol. The van der Waals surface area contributed by atoms with E-state index in [1.54, 1.807) is 6.92 Å². The van der Waals surface area contributed by atoms with Crippen LogP contribution in [0.15, 0.2) is 54.6 Å². The lowest BCUT2D eigenvalue weighted by molar-refractivity contribution is -0.118. The molecule has 2 aliphatic rings. The molecule has 1 aliphatic carbocycles. The summed E-state index contributed by atoms with van der Waals surface area (Å²) in [6, 6.07) is 10.8. The van der Waals surface area contributed by atoms with Crippen LogP contribution in [0.4, 0.5) is 0 Å². The van der Waals surface area contributed by atoms with Gasteiger partial charge < -0.3 is 4.79 Å². The fraction of sp³-hybridized carbons (Fsp3) is 0.542. The number of carbonyl (C=O) groups is 1. The van der Waals surface area contributed by atoms with Crippen molar-refractivity contribution in [1.29, 1.82) is 0 Å². The van der Waals surface area contributed by atoms with Gasteiger partial charge in [0, 0.05) is 19.5 Å². The highest BCUT2D eigenvalue weighted by molar-refractivity contribution is 5.75. The molecule has 0 spiro atoms. The van der Waals surface area contributed by atoms with Crippen LogP contribution in [-0.2, 0) is 11.3 Å². The Bertz CT molecular complexity index is 647. The van der Waals surface area contributed by atoms with Crippen molar-refractivity contribution >= 4 is 5.78 Å². The molecule has 2 heteroatoms. The van der Waals surface area contributed by atoms with Crippen molar-refractivity contribution < 1.29 is 4.79 Å². The predicted octanol–water partition coefficient (Wildman–Crippen LogP) is 5.41. The molecule has 0 radical (unpaired) electrons. The average molecular weight is 352 g/mol. The van der Waals surface area contributed by atoms with Gasteiger partial charge in [-0.2, -0.15) is 0 Å². The van der Waals surface area contributed by atoms with E-state index in [9.17, 15) is 4.79 Å². The van der Waals surface area contributed by atoms with Gasteiger partial charge in [0.15, 0.2) is 0 Å². The number of Topliss-reactive ketones (excluding diaryl/α,β-unsaturated/α-hetero) is 1. The summed E-state index contributed by atoms with van der Waals surface area (Å²) in [6.07, 6.45) is 14.3. The van der Waals surface area contributed by atoms with Gasteiger partial charge in [-0.15, -0.1) is 0 Å². The molecule has 1 saturated heterocycles. The number of hydrogen-bond acceptors (Lipinski definition) is 2. The lowest BCUT2D eigenvalue weighted by atomic mass is 9.63. The van der Waals surface area contributed by atoms with Crippen LogP contribution >= 0.6 is 0 Å². The first-order chi connectivity index (χ1) is 12.6. The van der Waals surface area contributed by atoms with Crippen molar-refractivity contribution in [1.82, 2.24) is 4.90 Å². The minimum Gasteiger partial charge on any atom is -0.300 e. The van der Waals surface area contributed by atoms with E-state index in [1.165, 1.54) is 18.4 Å². The zero-order chi connectivity index (χ0) is 18.4. The molecule has 1 aliphatic heterocycles. The summed E-state index contributed by atoms with van der Waals surface area (Å²) in [5, 5.41) is 0. The Hall–Kier alpha value is -1.67. The Morgan fingerprint density at radius 3 is 2.73 bits per heavy atom. The first-order valence-electron chi connectivity index (χ1n) is 10.2. The van der Waals surface area contributed by atoms with Gasteiger partial charge in [-0.25, -0.2) is 0 Å². The van der Waals surface area contributed by atoms with E-state index in [0.29, 0.717) is 17.6 Å². The topological polar surface area (TPSA) is 20.3 Å². The highest BCUT2D eigenvalue weighted by Crippen LogP contribution is 2.46. The fourth-order valence-corrected chi connectivity index (χ4v) is 4.76. The second-order valence-electron chi connectivity index (χ2n) is 8.46. The van der Waals surface area contributed by atoms with E-state index < -0.39 is 0 Å². The molecular formula is C24H33NO. The zero-order valence-corrected chi connectivity index (χ0v) is 16.4. The molecule has 0 bridgehead atoms.